The molecule has 1 aliphatic heterocycles. The lowest BCUT2D eigenvalue weighted by Crippen LogP contribution is -2.49. The summed E-state index contributed by atoms with van der Waals surface area (Å²) in [6.07, 6.45) is 6.64. The van der Waals surface area contributed by atoms with E-state index in [9.17, 15) is 13.2 Å². The van der Waals surface area contributed by atoms with Crippen molar-refractivity contribution in [2.75, 3.05) is 19.3 Å². The van der Waals surface area contributed by atoms with E-state index in [-0.39, 0.29) is 17.4 Å². The van der Waals surface area contributed by atoms with Gasteiger partial charge in [0.25, 0.3) is 0 Å². The Balaban J connectivity index is 1.68. The van der Waals surface area contributed by atoms with Crippen molar-refractivity contribution in [1.29, 1.82) is 0 Å². The Morgan fingerprint density at radius 3 is 2.25 bits per heavy atom. The topological polar surface area (TPSA) is 66.5 Å². The number of carbonyl (C=O) groups is 1. The molecular formula is C18H26N2O3S. The van der Waals surface area contributed by atoms with Crippen molar-refractivity contribution in [3.8, 4) is 0 Å². The van der Waals surface area contributed by atoms with Crippen LogP contribution in [0.25, 0.3) is 0 Å². The minimum atomic E-state index is -3.15. The summed E-state index contributed by atoms with van der Waals surface area (Å²) in [7, 11) is -3.15. The molecule has 24 heavy (non-hydrogen) atoms. The Hall–Kier alpha value is -1.40. The van der Waals surface area contributed by atoms with Gasteiger partial charge < -0.3 is 5.32 Å². The molecule has 1 aromatic carbocycles. The molecule has 1 saturated carbocycles. The highest BCUT2D eigenvalue weighted by atomic mass is 32.2. The van der Waals surface area contributed by atoms with Gasteiger partial charge in [0.15, 0.2) is 0 Å². The van der Waals surface area contributed by atoms with Crippen LogP contribution in [0, 0.1) is 5.92 Å². The summed E-state index contributed by atoms with van der Waals surface area (Å²) in [6.45, 7) is 0.879. The van der Waals surface area contributed by atoms with Crippen LogP contribution in [0.1, 0.15) is 44.1 Å². The fourth-order valence-corrected chi connectivity index (χ4v) is 4.88. The van der Waals surface area contributed by atoms with Crippen molar-refractivity contribution < 1.29 is 13.2 Å². The molecule has 2 aliphatic rings. The molecule has 1 amide bonds. The minimum absolute atomic E-state index is 0.0777. The second kappa shape index (κ2) is 6.84. The summed E-state index contributed by atoms with van der Waals surface area (Å²) >= 11 is 0. The van der Waals surface area contributed by atoms with Crippen molar-refractivity contribution >= 4 is 15.9 Å². The average Bonchev–Trinajstić information content (AvgIpc) is 3.05. The highest BCUT2D eigenvalue weighted by Gasteiger charge is 2.39. The Morgan fingerprint density at radius 1 is 1.12 bits per heavy atom. The lowest BCUT2D eigenvalue weighted by molar-refractivity contribution is -0.128. The van der Waals surface area contributed by atoms with E-state index in [2.05, 4.69) is 17.4 Å². The molecule has 1 saturated heterocycles. The molecule has 0 bridgehead atoms. The largest absolute Gasteiger partial charge is 0.346 e. The number of carbonyl (C=O) groups excluding carboxylic acids is 1. The van der Waals surface area contributed by atoms with Crippen LogP contribution in [0.15, 0.2) is 30.3 Å². The van der Waals surface area contributed by atoms with E-state index in [1.807, 2.05) is 18.2 Å². The molecule has 0 aromatic heterocycles. The molecule has 1 aromatic rings. The lowest BCUT2D eigenvalue weighted by Gasteiger charge is -2.35. The zero-order valence-electron chi connectivity index (χ0n) is 14.2. The molecule has 132 valence electrons. The lowest BCUT2D eigenvalue weighted by atomic mass is 9.86. The summed E-state index contributed by atoms with van der Waals surface area (Å²) in [6, 6.07) is 10.2. The van der Waals surface area contributed by atoms with Crippen LogP contribution in [-0.4, -0.2) is 38.0 Å². The minimum Gasteiger partial charge on any atom is -0.346 e. The first kappa shape index (κ1) is 17.4. The molecule has 0 spiro atoms. The molecule has 1 N–H and O–H groups in total. The Labute approximate surface area is 144 Å². The van der Waals surface area contributed by atoms with Gasteiger partial charge in [-0.05, 0) is 31.2 Å². The molecule has 0 unspecified atom stereocenters. The summed E-state index contributed by atoms with van der Waals surface area (Å²) in [4.78, 5) is 12.8. The summed E-state index contributed by atoms with van der Waals surface area (Å²) in [5, 5.41) is 3.33. The summed E-state index contributed by atoms with van der Waals surface area (Å²) in [5.41, 5.74) is 0.941. The van der Waals surface area contributed by atoms with Gasteiger partial charge in [-0.2, -0.15) is 0 Å². The maximum atomic E-state index is 12.8. The van der Waals surface area contributed by atoms with Gasteiger partial charge in [0.1, 0.15) is 0 Å². The fourth-order valence-electron chi connectivity index (χ4n) is 4.01. The van der Waals surface area contributed by atoms with Crippen molar-refractivity contribution in [2.45, 2.75) is 44.1 Å². The summed E-state index contributed by atoms with van der Waals surface area (Å²) in [5.74, 6) is -0.0157. The standard InChI is InChI=1S/C18H26N2O3S/c1-24(22,23)20-13-9-15(10-14-20)17(21)19-18(11-5-6-12-18)16-7-3-2-4-8-16/h2-4,7-8,15H,5-6,9-14H2,1H3,(H,19,21). The van der Waals surface area contributed by atoms with Crippen LogP contribution in [0.2, 0.25) is 0 Å². The maximum absolute atomic E-state index is 12.8. The van der Waals surface area contributed by atoms with Crippen LogP contribution >= 0.6 is 0 Å². The number of hydrogen-bond acceptors (Lipinski definition) is 3. The van der Waals surface area contributed by atoms with Crippen molar-refractivity contribution in [1.82, 2.24) is 9.62 Å². The molecule has 0 radical (unpaired) electrons. The Morgan fingerprint density at radius 2 is 1.71 bits per heavy atom. The van der Waals surface area contributed by atoms with Crippen LogP contribution in [0.5, 0.6) is 0 Å². The Kier molecular flexibility index (Phi) is 4.97. The highest BCUT2D eigenvalue weighted by Crippen LogP contribution is 2.39. The van der Waals surface area contributed by atoms with Gasteiger partial charge in [-0.1, -0.05) is 43.2 Å². The van der Waals surface area contributed by atoms with E-state index >= 15 is 0 Å². The number of rotatable bonds is 4. The number of benzene rings is 1. The highest BCUT2D eigenvalue weighted by molar-refractivity contribution is 7.88. The van der Waals surface area contributed by atoms with E-state index in [0.717, 1.165) is 25.7 Å². The first-order chi connectivity index (χ1) is 11.4. The number of amides is 1. The number of nitrogens with one attached hydrogen (secondary N) is 1. The molecule has 1 heterocycles. The molecule has 3 rings (SSSR count). The number of piperidine rings is 1. The molecule has 6 heteroatoms. The van der Waals surface area contributed by atoms with Gasteiger partial charge in [0.2, 0.25) is 15.9 Å². The van der Waals surface area contributed by atoms with Gasteiger partial charge in [-0.15, -0.1) is 0 Å². The van der Waals surface area contributed by atoms with Crippen LogP contribution in [0.3, 0.4) is 0 Å². The molecule has 1 aliphatic carbocycles. The zero-order valence-corrected chi connectivity index (χ0v) is 15.0. The number of sulfonamides is 1. The van der Waals surface area contributed by atoms with Crippen molar-refractivity contribution in [3.05, 3.63) is 35.9 Å². The van der Waals surface area contributed by atoms with E-state index in [1.54, 1.807) is 0 Å². The molecule has 5 nitrogen and oxygen atoms in total. The third-order valence-corrected chi connectivity index (χ3v) is 6.74. The van der Waals surface area contributed by atoms with E-state index in [0.29, 0.717) is 25.9 Å². The Bertz CT molecular complexity index is 673. The van der Waals surface area contributed by atoms with Gasteiger partial charge in [0.05, 0.1) is 11.8 Å². The monoisotopic (exact) mass is 350 g/mol. The number of hydrogen-bond donors (Lipinski definition) is 1. The summed E-state index contributed by atoms with van der Waals surface area (Å²) < 4.78 is 24.7. The first-order valence-corrected chi connectivity index (χ1v) is 10.6. The molecule has 0 atom stereocenters. The predicted octanol–water partition coefficient (Wildman–Crippen LogP) is 2.24. The third-order valence-electron chi connectivity index (χ3n) is 5.44. The van der Waals surface area contributed by atoms with E-state index in [4.69, 9.17) is 0 Å². The van der Waals surface area contributed by atoms with Crippen LogP contribution < -0.4 is 5.32 Å². The quantitative estimate of drug-likeness (QED) is 0.906. The van der Waals surface area contributed by atoms with E-state index in [1.165, 1.54) is 16.1 Å². The number of nitrogens with zero attached hydrogens (tertiary/aromatic N) is 1. The normalized spacial score (nSPS) is 22.4. The van der Waals surface area contributed by atoms with Gasteiger partial charge in [0, 0.05) is 19.0 Å². The first-order valence-electron chi connectivity index (χ1n) is 8.73. The third kappa shape index (κ3) is 3.64. The van der Waals surface area contributed by atoms with Gasteiger partial charge in [-0.3, -0.25) is 4.79 Å². The van der Waals surface area contributed by atoms with Gasteiger partial charge in [-0.25, -0.2) is 12.7 Å². The smallest absolute Gasteiger partial charge is 0.223 e. The van der Waals surface area contributed by atoms with Crippen LogP contribution in [-0.2, 0) is 20.4 Å². The average molecular weight is 350 g/mol. The van der Waals surface area contributed by atoms with Crippen LogP contribution in [0.4, 0.5) is 0 Å². The van der Waals surface area contributed by atoms with Crippen molar-refractivity contribution in [2.24, 2.45) is 5.92 Å². The SMILES string of the molecule is CS(=O)(=O)N1CCC(C(=O)NC2(c3ccccc3)CCCC2)CC1. The van der Waals surface area contributed by atoms with Gasteiger partial charge >= 0.3 is 0 Å². The molecule has 2 fully saturated rings. The zero-order chi connectivity index (χ0) is 17.2. The second-order valence-electron chi connectivity index (χ2n) is 7.08. The fraction of sp³-hybridized carbons (Fsp3) is 0.611. The van der Waals surface area contributed by atoms with Crippen molar-refractivity contribution in [3.63, 3.8) is 0 Å². The second-order valence-corrected chi connectivity index (χ2v) is 9.06. The maximum Gasteiger partial charge on any atom is 0.223 e. The van der Waals surface area contributed by atoms with E-state index < -0.39 is 10.0 Å². The predicted molar refractivity (Wildman–Crippen MR) is 93.9 cm³/mol. The molecular weight excluding hydrogens is 324 g/mol.